The molecule has 0 fully saturated rings. The summed E-state index contributed by atoms with van der Waals surface area (Å²) in [5.41, 5.74) is -0.570. The molecule has 9 heteroatoms. The number of carbonyl (C=O) groups is 1. The van der Waals surface area contributed by atoms with Crippen LogP contribution in [0.3, 0.4) is 0 Å². The lowest BCUT2D eigenvalue weighted by atomic mass is 10.3. The predicted molar refractivity (Wildman–Crippen MR) is 69.4 cm³/mol. The Labute approximate surface area is 115 Å². The van der Waals surface area contributed by atoms with Crippen LogP contribution in [0.5, 0.6) is 0 Å². The third-order valence-electron chi connectivity index (χ3n) is 2.12. The van der Waals surface area contributed by atoms with Crippen LogP contribution in [0.25, 0.3) is 0 Å². The molecule has 0 amide bonds. The van der Waals surface area contributed by atoms with Crippen LogP contribution < -0.4 is 4.72 Å². The maximum Gasteiger partial charge on any atom is 0.321 e. The van der Waals surface area contributed by atoms with E-state index in [1.807, 2.05) is 4.72 Å². The van der Waals surface area contributed by atoms with E-state index in [0.717, 1.165) is 12.1 Å². The minimum atomic E-state index is -4.17. The first-order valence-corrected chi connectivity index (χ1v) is 6.86. The second kappa shape index (κ2) is 6.78. The monoisotopic (exact) mass is 300 g/mol. The average molecular weight is 300 g/mol. The zero-order chi connectivity index (χ0) is 15.2. The van der Waals surface area contributed by atoms with E-state index < -0.39 is 38.0 Å². The van der Waals surface area contributed by atoms with Gasteiger partial charge >= 0.3 is 5.97 Å². The minimum absolute atomic E-state index is 0.0496. The summed E-state index contributed by atoms with van der Waals surface area (Å²) in [7, 11) is -4.17. The molecule has 0 aliphatic rings. The highest BCUT2D eigenvalue weighted by Crippen LogP contribution is 2.22. The molecule has 0 radical (unpaired) electrons. The van der Waals surface area contributed by atoms with Gasteiger partial charge < -0.3 is 4.74 Å². The molecule has 1 rings (SSSR count). The van der Waals surface area contributed by atoms with Crippen molar-refractivity contribution < 1.29 is 22.9 Å². The number of nitrogens with one attached hydrogen (secondary N) is 1. The van der Waals surface area contributed by atoms with Gasteiger partial charge in [-0.1, -0.05) is 24.8 Å². The number of esters is 1. The van der Waals surface area contributed by atoms with E-state index >= 15 is 0 Å². The molecule has 1 aromatic carbocycles. The highest BCUT2D eigenvalue weighted by Gasteiger charge is 2.25. The number of nitro groups is 1. The number of sulfonamides is 1. The SMILES string of the molecule is C=CCOC(=O)CNS(=O)(=O)c1ccccc1[N+](=O)[O-]. The molecule has 1 aromatic rings. The van der Waals surface area contributed by atoms with Gasteiger partial charge in [-0.3, -0.25) is 14.9 Å². The van der Waals surface area contributed by atoms with E-state index in [2.05, 4.69) is 11.3 Å². The molecule has 20 heavy (non-hydrogen) atoms. The molecule has 1 N–H and O–H groups in total. The Morgan fingerprint density at radius 2 is 2.10 bits per heavy atom. The molecule has 0 atom stereocenters. The van der Waals surface area contributed by atoms with Crippen LogP contribution in [0.4, 0.5) is 5.69 Å². The van der Waals surface area contributed by atoms with E-state index in [0.29, 0.717) is 0 Å². The van der Waals surface area contributed by atoms with E-state index in [1.54, 1.807) is 0 Å². The predicted octanol–water partition coefficient (Wildman–Crippen LogP) is 0.602. The van der Waals surface area contributed by atoms with Gasteiger partial charge in [0.15, 0.2) is 4.90 Å². The fraction of sp³-hybridized carbons (Fsp3) is 0.182. The number of para-hydroxylation sites is 1. The van der Waals surface area contributed by atoms with Crippen molar-refractivity contribution in [3.63, 3.8) is 0 Å². The zero-order valence-corrected chi connectivity index (χ0v) is 11.1. The quantitative estimate of drug-likeness (QED) is 0.341. The topological polar surface area (TPSA) is 116 Å². The van der Waals surface area contributed by atoms with Crippen LogP contribution in [0.15, 0.2) is 41.8 Å². The summed E-state index contributed by atoms with van der Waals surface area (Å²) >= 11 is 0. The van der Waals surface area contributed by atoms with Gasteiger partial charge in [-0.05, 0) is 6.07 Å². The van der Waals surface area contributed by atoms with Crippen molar-refractivity contribution in [1.29, 1.82) is 0 Å². The summed E-state index contributed by atoms with van der Waals surface area (Å²) in [5, 5.41) is 10.8. The van der Waals surface area contributed by atoms with Gasteiger partial charge in [-0.25, -0.2) is 8.42 Å². The largest absolute Gasteiger partial charge is 0.460 e. The maximum absolute atomic E-state index is 11.9. The van der Waals surface area contributed by atoms with Crippen molar-refractivity contribution in [2.45, 2.75) is 4.90 Å². The van der Waals surface area contributed by atoms with Gasteiger partial charge in [0.25, 0.3) is 5.69 Å². The average Bonchev–Trinajstić information content (AvgIpc) is 2.43. The molecular formula is C11H12N2O6S. The second-order valence-electron chi connectivity index (χ2n) is 3.52. The number of benzene rings is 1. The van der Waals surface area contributed by atoms with Crippen molar-refractivity contribution >= 4 is 21.7 Å². The number of carbonyl (C=O) groups excluding carboxylic acids is 1. The Balaban J connectivity index is 2.87. The molecular weight excluding hydrogens is 288 g/mol. The lowest BCUT2D eigenvalue weighted by Gasteiger charge is -2.06. The normalized spacial score (nSPS) is 10.8. The van der Waals surface area contributed by atoms with Gasteiger partial charge in [-0.2, -0.15) is 4.72 Å². The molecule has 0 spiro atoms. The fourth-order valence-corrected chi connectivity index (χ4v) is 2.41. The van der Waals surface area contributed by atoms with Gasteiger partial charge in [0, 0.05) is 6.07 Å². The maximum atomic E-state index is 11.9. The van der Waals surface area contributed by atoms with Gasteiger partial charge in [-0.15, -0.1) is 0 Å². The first-order chi connectivity index (χ1) is 9.38. The van der Waals surface area contributed by atoms with Gasteiger partial charge in [0.2, 0.25) is 10.0 Å². The van der Waals surface area contributed by atoms with Crippen LogP contribution >= 0.6 is 0 Å². The first-order valence-electron chi connectivity index (χ1n) is 5.38. The lowest BCUT2D eigenvalue weighted by Crippen LogP contribution is -2.31. The highest BCUT2D eigenvalue weighted by atomic mass is 32.2. The molecule has 0 heterocycles. The molecule has 0 saturated heterocycles. The summed E-state index contributed by atoms with van der Waals surface area (Å²) in [4.78, 5) is 20.6. The van der Waals surface area contributed by atoms with E-state index in [-0.39, 0.29) is 6.61 Å². The number of nitrogens with zero attached hydrogens (tertiary/aromatic N) is 1. The number of rotatable bonds is 7. The number of hydrogen-bond acceptors (Lipinski definition) is 6. The Morgan fingerprint density at radius 1 is 1.45 bits per heavy atom. The smallest absolute Gasteiger partial charge is 0.321 e. The summed E-state index contributed by atoms with van der Waals surface area (Å²) < 4.78 is 30.3. The Bertz CT molecular complexity index is 626. The first kappa shape index (κ1) is 15.8. The summed E-state index contributed by atoms with van der Waals surface area (Å²) in [5.74, 6) is -0.813. The van der Waals surface area contributed by atoms with Crippen LogP contribution in [0.2, 0.25) is 0 Å². The van der Waals surface area contributed by atoms with Crippen molar-refractivity contribution in [3.8, 4) is 0 Å². The molecule has 8 nitrogen and oxygen atoms in total. The minimum Gasteiger partial charge on any atom is -0.460 e. The molecule has 0 aromatic heterocycles. The molecule has 0 bridgehead atoms. The zero-order valence-electron chi connectivity index (χ0n) is 10.3. The van der Waals surface area contributed by atoms with Crippen molar-refractivity contribution in [2.24, 2.45) is 0 Å². The van der Waals surface area contributed by atoms with Crippen molar-refractivity contribution in [2.75, 3.05) is 13.2 Å². The van der Waals surface area contributed by atoms with Crippen molar-refractivity contribution in [1.82, 2.24) is 4.72 Å². The number of ether oxygens (including phenoxy) is 1. The standard InChI is InChI=1S/C11H12N2O6S/c1-2-7-19-11(14)8-12-20(17,18)10-6-4-3-5-9(10)13(15)16/h2-6,12H,1,7-8H2. The van der Waals surface area contributed by atoms with Crippen molar-refractivity contribution in [3.05, 3.63) is 47.0 Å². The molecule has 0 unspecified atom stereocenters. The Morgan fingerprint density at radius 3 is 2.70 bits per heavy atom. The Hall–Kier alpha value is -2.26. The number of hydrogen-bond donors (Lipinski definition) is 1. The van der Waals surface area contributed by atoms with E-state index in [4.69, 9.17) is 0 Å². The third-order valence-corrected chi connectivity index (χ3v) is 3.57. The van der Waals surface area contributed by atoms with E-state index in [9.17, 15) is 23.3 Å². The summed E-state index contributed by atoms with van der Waals surface area (Å²) in [6.07, 6.45) is 1.33. The van der Waals surface area contributed by atoms with Crippen LogP contribution in [-0.2, 0) is 19.6 Å². The highest BCUT2D eigenvalue weighted by molar-refractivity contribution is 7.89. The van der Waals surface area contributed by atoms with Gasteiger partial charge in [0.1, 0.15) is 13.2 Å². The van der Waals surface area contributed by atoms with E-state index in [1.165, 1.54) is 18.2 Å². The summed E-state index contributed by atoms with van der Waals surface area (Å²) in [6, 6.07) is 4.83. The Kier molecular flexibility index (Phi) is 5.35. The molecule has 0 aliphatic heterocycles. The third kappa shape index (κ3) is 4.14. The summed E-state index contributed by atoms with van der Waals surface area (Å²) in [6.45, 7) is 2.66. The molecule has 0 saturated carbocycles. The van der Waals surface area contributed by atoms with Crippen LogP contribution in [0, 0.1) is 10.1 Å². The molecule has 0 aliphatic carbocycles. The second-order valence-corrected chi connectivity index (χ2v) is 5.26. The van der Waals surface area contributed by atoms with Crippen LogP contribution in [-0.4, -0.2) is 32.5 Å². The van der Waals surface area contributed by atoms with Crippen LogP contribution in [0.1, 0.15) is 0 Å². The fourth-order valence-electron chi connectivity index (χ4n) is 1.27. The lowest BCUT2D eigenvalue weighted by molar-refractivity contribution is -0.387. The molecule has 108 valence electrons. The number of nitro benzene ring substituents is 1. The van der Waals surface area contributed by atoms with Gasteiger partial charge in [0.05, 0.1) is 4.92 Å².